The van der Waals surface area contributed by atoms with Crippen molar-refractivity contribution in [3.8, 4) is 0 Å². The van der Waals surface area contributed by atoms with Crippen LogP contribution in [0.2, 0.25) is 0 Å². The summed E-state index contributed by atoms with van der Waals surface area (Å²) in [4.78, 5) is 1.82. The van der Waals surface area contributed by atoms with E-state index in [0.29, 0.717) is 4.83 Å². The van der Waals surface area contributed by atoms with Crippen LogP contribution in [0.15, 0.2) is 30.3 Å². The van der Waals surface area contributed by atoms with Crippen molar-refractivity contribution in [2.24, 2.45) is 0 Å². The highest BCUT2D eigenvalue weighted by Crippen LogP contribution is 2.34. The smallest absolute Gasteiger partial charge is 0.0586 e. The van der Waals surface area contributed by atoms with Gasteiger partial charge in [0.15, 0.2) is 0 Å². The molecule has 1 unspecified atom stereocenters. The average molecular weight is 320 g/mol. The third-order valence-corrected chi connectivity index (χ3v) is 5.75. The van der Waals surface area contributed by atoms with Gasteiger partial charge in [0, 0.05) is 14.9 Å². The molecule has 0 N–H and O–H groups in total. The van der Waals surface area contributed by atoms with Gasteiger partial charge in [-0.25, -0.2) is 0 Å². The molecule has 1 heterocycles. The number of rotatable bonds is 2. The second-order valence-electron chi connectivity index (χ2n) is 2.81. The maximum absolute atomic E-state index is 3.63. The van der Waals surface area contributed by atoms with Crippen molar-refractivity contribution in [3.63, 3.8) is 0 Å². The molecule has 0 bridgehead atoms. The fourth-order valence-corrected chi connectivity index (χ4v) is 3.25. The lowest BCUT2D eigenvalue weighted by atomic mass is 10.2. The number of alkyl halides is 2. The highest BCUT2D eigenvalue weighted by molar-refractivity contribution is 9.12. The van der Waals surface area contributed by atoms with Crippen LogP contribution in [0.1, 0.15) is 9.70 Å². The molecule has 0 nitrogen and oxygen atoms in total. The van der Waals surface area contributed by atoms with Gasteiger partial charge in [0.2, 0.25) is 0 Å². The Kier molecular flexibility index (Phi) is 3.06. The predicted octanol–water partition coefficient (Wildman–Crippen LogP) is 4.73. The summed E-state index contributed by atoms with van der Waals surface area (Å²) in [6, 6.07) is 10.7. The molecule has 1 aromatic heterocycles. The van der Waals surface area contributed by atoms with Gasteiger partial charge in [-0.05, 0) is 17.5 Å². The molecule has 3 heteroatoms. The molecule has 0 amide bonds. The van der Waals surface area contributed by atoms with Gasteiger partial charge in [-0.3, -0.25) is 0 Å². The second-order valence-corrected chi connectivity index (χ2v) is 5.68. The SMILES string of the molecule is BrCC(Br)c1cc2ccccc2s1. The Labute approximate surface area is 98.2 Å². The van der Waals surface area contributed by atoms with Gasteiger partial charge >= 0.3 is 0 Å². The average Bonchev–Trinajstić information content (AvgIpc) is 2.59. The highest BCUT2D eigenvalue weighted by atomic mass is 79.9. The molecule has 0 aliphatic rings. The van der Waals surface area contributed by atoms with E-state index >= 15 is 0 Å². The maximum atomic E-state index is 3.63. The minimum absolute atomic E-state index is 0.435. The fraction of sp³-hybridized carbons (Fsp3) is 0.200. The Morgan fingerprint density at radius 1 is 1.31 bits per heavy atom. The molecular weight excluding hydrogens is 312 g/mol. The van der Waals surface area contributed by atoms with E-state index in [-0.39, 0.29) is 0 Å². The van der Waals surface area contributed by atoms with Gasteiger partial charge in [0.05, 0.1) is 4.83 Å². The van der Waals surface area contributed by atoms with Crippen LogP contribution in [0.25, 0.3) is 10.1 Å². The summed E-state index contributed by atoms with van der Waals surface area (Å²) in [6.07, 6.45) is 0. The lowest BCUT2D eigenvalue weighted by molar-refractivity contribution is 1.20. The summed E-state index contributed by atoms with van der Waals surface area (Å²) in [5.41, 5.74) is 0. The molecule has 0 saturated carbocycles. The second kappa shape index (κ2) is 4.11. The molecule has 0 fully saturated rings. The summed E-state index contributed by atoms with van der Waals surface area (Å²) in [6.45, 7) is 0. The number of thiophene rings is 1. The largest absolute Gasteiger partial charge is 0.139 e. The molecule has 0 saturated heterocycles. The lowest BCUT2D eigenvalue weighted by Crippen LogP contribution is -1.83. The van der Waals surface area contributed by atoms with Crippen LogP contribution < -0.4 is 0 Å². The monoisotopic (exact) mass is 318 g/mol. The standard InChI is InChI=1S/C10H8Br2S/c11-6-8(12)10-5-7-3-1-2-4-9(7)13-10/h1-5,8H,6H2. The van der Waals surface area contributed by atoms with Gasteiger partial charge in [0.1, 0.15) is 0 Å². The van der Waals surface area contributed by atoms with E-state index in [9.17, 15) is 0 Å². The Morgan fingerprint density at radius 3 is 2.77 bits per heavy atom. The van der Waals surface area contributed by atoms with Crippen molar-refractivity contribution in [2.75, 3.05) is 5.33 Å². The van der Waals surface area contributed by atoms with Crippen LogP contribution in [0, 0.1) is 0 Å². The van der Waals surface area contributed by atoms with Crippen LogP contribution in [-0.4, -0.2) is 5.33 Å². The third kappa shape index (κ3) is 1.97. The number of fused-ring (bicyclic) bond motifs is 1. The topological polar surface area (TPSA) is 0 Å². The summed E-state index contributed by atoms with van der Waals surface area (Å²) in [5, 5.41) is 2.30. The van der Waals surface area contributed by atoms with E-state index in [0.717, 1.165) is 5.33 Å². The van der Waals surface area contributed by atoms with Gasteiger partial charge in [-0.1, -0.05) is 50.1 Å². The maximum Gasteiger partial charge on any atom is 0.0586 e. The number of benzene rings is 1. The van der Waals surface area contributed by atoms with Crippen molar-refractivity contribution in [2.45, 2.75) is 4.83 Å². The quantitative estimate of drug-likeness (QED) is 0.702. The first-order valence-corrected chi connectivity index (χ1v) is 6.85. The van der Waals surface area contributed by atoms with Crippen molar-refractivity contribution in [1.29, 1.82) is 0 Å². The molecule has 0 aliphatic carbocycles. The van der Waals surface area contributed by atoms with E-state index in [4.69, 9.17) is 0 Å². The first-order valence-electron chi connectivity index (χ1n) is 4.00. The summed E-state index contributed by atoms with van der Waals surface area (Å²) in [5.74, 6) is 0. The van der Waals surface area contributed by atoms with E-state index < -0.39 is 0 Å². The van der Waals surface area contributed by atoms with E-state index in [1.54, 1.807) is 0 Å². The molecule has 13 heavy (non-hydrogen) atoms. The Balaban J connectivity index is 2.49. The van der Waals surface area contributed by atoms with Crippen LogP contribution in [-0.2, 0) is 0 Å². The molecular formula is C10H8Br2S. The molecule has 0 aliphatic heterocycles. The van der Waals surface area contributed by atoms with Gasteiger partial charge in [0.25, 0.3) is 0 Å². The van der Waals surface area contributed by atoms with Crippen molar-refractivity contribution >= 4 is 53.3 Å². The van der Waals surface area contributed by atoms with Crippen LogP contribution in [0.3, 0.4) is 0 Å². The minimum Gasteiger partial charge on any atom is -0.139 e. The summed E-state index contributed by atoms with van der Waals surface area (Å²) >= 11 is 8.95. The van der Waals surface area contributed by atoms with E-state index in [2.05, 4.69) is 62.2 Å². The minimum atomic E-state index is 0.435. The van der Waals surface area contributed by atoms with Crippen molar-refractivity contribution < 1.29 is 0 Å². The zero-order chi connectivity index (χ0) is 9.26. The fourth-order valence-electron chi connectivity index (χ4n) is 1.23. The zero-order valence-electron chi connectivity index (χ0n) is 6.84. The van der Waals surface area contributed by atoms with Crippen LogP contribution in [0.4, 0.5) is 0 Å². The Hall–Kier alpha value is 0.140. The van der Waals surface area contributed by atoms with Crippen LogP contribution in [0.5, 0.6) is 0 Å². The normalized spacial score (nSPS) is 13.4. The van der Waals surface area contributed by atoms with Gasteiger partial charge in [-0.15, -0.1) is 11.3 Å². The molecule has 2 rings (SSSR count). The van der Waals surface area contributed by atoms with Crippen molar-refractivity contribution in [3.05, 3.63) is 35.2 Å². The summed E-state index contributed by atoms with van der Waals surface area (Å²) < 4.78 is 1.36. The Morgan fingerprint density at radius 2 is 2.08 bits per heavy atom. The summed E-state index contributed by atoms with van der Waals surface area (Å²) in [7, 11) is 0. The molecule has 68 valence electrons. The molecule has 1 atom stereocenters. The van der Waals surface area contributed by atoms with E-state index in [1.807, 2.05) is 11.3 Å². The zero-order valence-corrected chi connectivity index (χ0v) is 10.8. The van der Waals surface area contributed by atoms with Gasteiger partial charge in [-0.2, -0.15) is 0 Å². The number of hydrogen-bond donors (Lipinski definition) is 0. The predicted molar refractivity (Wildman–Crippen MR) is 67.3 cm³/mol. The lowest BCUT2D eigenvalue weighted by Gasteiger charge is -1.99. The molecule has 0 spiro atoms. The van der Waals surface area contributed by atoms with Crippen LogP contribution >= 0.6 is 43.2 Å². The highest BCUT2D eigenvalue weighted by Gasteiger charge is 2.08. The first kappa shape index (κ1) is 9.69. The van der Waals surface area contributed by atoms with E-state index in [1.165, 1.54) is 15.0 Å². The molecule has 0 radical (unpaired) electrons. The number of hydrogen-bond acceptors (Lipinski definition) is 1. The third-order valence-electron chi connectivity index (χ3n) is 1.89. The first-order chi connectivity index (χ1) is 6.31. The van der Waals surface area contributed by atoms with Gasteiger partial charge < -0.3 is 0 Å². The molecule has 1 aromatic carbocycles. The van der Waals surface area contributed by atoms with Crippen molar-refractivity contribution in [1.82, 2.24) is 0 Å². The Bertz CT molecular complexity index is 375. The number of halogens is 2. The molecule has 2 aromatic rings.